The van der Waals surface area contributed by atoms with Crippen molar-refractivity contribution < 1.29 is 23.8 Å². The van der Waals surface area contributed by atoms with Gasteiger partial charge in [0.25, 0.3) is 5.91 Å². The van der Waals surface area contributed by atoms with Crippen LogP contribution in [0.3, 0.4) is 0 Å². The highest BCUT2D eigenvalue weighted by Crippen LogP contribution is 2.29. The van der Waals surface area contributed by atoms with E-state index in [1.165, 1.54) is 6.07 Å². The molecule has 1 aliphatic carbocycles. The molecule has 1 aliphatic rings. The smallest absolute Gasteiger partial charge is 0.336 e. The first-order chi connectivity index (χ1) is 13.3. The zero-order chi connectivity index (χ0) is 20.3. The molecule has 7 nitrogen and oxygen atoms in total. The number of rotatable bonds is 6. The Bertz CT molecular complexity index is 940. The van der Waals surface area contributed by atoms with Gasteiger partial charge in [-0.2, -0.15) is 0 Å². The highest BCUT2D eigenvalue weighted by atomic mass is 16.5. The summed E-state index contributed by atoms with van der Waals surface area (Å²) in [6.07, 6.45) is 2.73. The van der Waals surface area contributed by atoms with Crippen molar-refractivity contribution in [2.75, 3.05) is 13.2 Å². The molecule has 1 heterocycles. The maximum atomic E-state index is 12.1. The van der Waals surface area contributed by atoms with Gasteiger partial charge in [-0.1, -0.05) is 0 Å². The largest absolute Gasteiger partial charge is 0.550 e. The molecule has 7 heteroatoms. The van der Waals surface area contributed by atoms with Gasteiger partial charge in [-0.3, -0.25) is 4.79 Å². The number of carboxylic acids is 1. The Balaban J connectivity index is 1.53. The molecule has 0 atom stereocenters. The van der Waals surface area contributed by atoms with Gasteiger partial charge in [0.1, 0.15) is 11.3 Å². The summed E-state index contributed by atoms with van der Waals surface area (Å²) >= 11 is 0. The molecular weight excluding hydrogens is 362 g/mol. The van der Waals surface area contributed by atoms with Crippen molar-refractivity contribution in [1.29, 1.82) is 0 Å². The van der Waals surface area contributed by atoms with Crippen molar-refractivity contribution in [2.24, 2.45) is 11.8 Å². The molecule has 1 N–H and O–H groups in total. The van der Waals surface area contributed by atoms with Crippen molar-refractivity contribution in [3.63, 3.8) is 0 Å². The Morgan fingerprint density at radius 1 is 1.21 bits per heavy atom. The maximum absolute atomic E-state index is 12.1. The first-order valence-corrected chi connectivity index (χ1v) is 9.49. The van der Waals surface area contributed by atoms with Gasteiger partial charge in [0.15, 0.2) is 6.61 Å². The quantitative estimate of drug-likeness (QED) is 0.753. The van der Waals surface area contributed by atoms with Crippen molar-refractivity contribution in [2.45, 2.75) is 39.5 Å². The average Bonchev–Trinajstić information content (AvgIpc) is 2.66. The molecular formula is C21H24NO6-. The summed E-state index contributed by atoms with van der Waals surface area (Å²) in [5, 5.41) is 14.5. The van der Waals surface area contributed by atoms with E-state index in [2.05, 4.69) is 5.32 Å². The fourth-order valence-electron chi connectivity index (χ4n) is 3.71. The maximum Gasteiger partial charge on any atom is 0.336 e. The number of amides is 1. The van der Waals surface area contributed by atoms with Gasteiger partial charge in [-0.15, -0.1) is 0 Å². The van der Waals surface area contributed by atoms with Gasteiger partial charge in [-0.05, 0) is 69.1 Å². The van der Waals surface area contributed by atoms with Crippen LogP contribution in [0, 0.1) is 25.7 Å². The molecule has 2 aromatic rings. The zero-order valence-electron chi connectivity index (χ0n) is 16.1. The van der Waals surface area contributed by atoms with E-state index in [4.69, 9.17) is 9.15 Å². The van der Waals surface area contributed by atoms with Gasteiger partial charge in [0.2, 0.25) is 0 Å². The molecule has 0 unspecified atom stereocenters. The van der Waals surface area contributed by atoms with Gasteiger partial charge >= 0.3 is 5.63 Å². The fraction of sp³-hybridized carbons (Fsp3) is 0.476. The normalized spacial score (nSPS) is 19.4. The van der Waals surface area contributed by atoms with E-state index in [9.17, 15) is 19.5 Å². The fourth-order valence-corrected chi connectivity index (χ4v) is 3.71. The molecule has 0 radical (unpaired) electrons. The van der Waals surface area contributed by atoms with E-state index >= 15 is 0 Å². The van der Waals surface area contributed by atoms with E-state index in [0.717, 1.165) is 23.8 Å². The Kier molecular flexibility index (Phi) is 6.02. The predicted octanol–water partition coefficient (Wildman–Crippen LogP) is 1.46. The number of benzene rings is 1. The average molecular weight is 386 g/mol. The second kappa shape index (κ2) is 8.46. The monoisotopic (exact) mass is 386 g/mol. The van der Waals surface area contributed by atoms with Crippen molar-refractivity contribution in [3.8, 4) is 5.75 Å². The lowest BCUT2D eigenvalue weighted by atomic mass is 9.82. The number of fused-ring (bicyclic) bond motifs is 1. The highest BCUT2D eigenvalue weighted by molar-refractivity contribution is 5.85. The van der Waals surface area contributed by atoms with E-state index in [1.807, 2.05) is 13.0 Å². The summed E-state index contributed by atoms with van der Waals surface area (Å²) in [5.41, 5.74) is 1.54. The van der Waals surface area contributed by atoms with Gasteiger partial charge in [0.05, 0.1) is 0 Å². The zero-order valence-corrected chi connectivity index (χ0v) is 16.1. The van der Waals surface area contributed by atoms with Crippen LogP contribution >= 0.6 is 0 Å². The number of aliphatic carboxylic acids is 1. The molecule has 28 heavy (non-hydrogen) atoms. The summed E-state index contributed by atoms with van der Waals surface area (Å²) in [7, 11) is 0. The molecule has 0 aliphatic heterocycles. The summed E-state index contributed by atoms with van der Waals surface area (Å²) in [5.74, 6) is -0.820. The molecule has 1 aromatic carbocycles. The minimum Gasteiger partial charge on any atom is -0.550 e. The third-order valence-corrected chi connectivity index (χ3v) is 5.44. The number of nitrogens with one attached hydrogen (secondary N) is 1. The number of carboxylic acid groups (broad SMARTS) is 1. The molecule has 0 bridgehead atoms. The number of carbonyl (C=O) groups excluding carboxylic acids is 2. The van der Waals surface area contributed by atoms with Crippen LogP contribution in [0.1, 0.15) is 36.8 Å². The summed E-state index contributed by atoms with van der Waals surface area (Å²) in [6.45, 7) is 3.99. The predicted molar refractivity (Wildman–Crippen MR) is 101 cm³/mol. The molecule has 0 saturated heterocycles. The van der Waals surface area contributed by atoms with Crippen LogP contribution in [0.25, 0.3) is 11.0 Å². The molecule has 0 spiro atoms. The van der Waals surface area contributed by atoms with E-state index in [0.29, 0.717) is 36.3 Å². The second-order valence-electron chi connectivity index (χ2n) is 7.44. The lowest BCUT2D eigenvalue weighted by molar-refractivity contribution is -0.312. The van der Waals surface area contributed by atoms with Crippen LogP contribution < -0.4 is 20.8 Å². The minimum atomic E-state index is -0.979. The number of hydrogen-bond acceptors (Lipinski definition) is 6. The van der Waals surface area contributed by atoms with Gasteiger partial charge < -0.3 is 24.4 Å². The molecule has 3 rings (SSSR count). The van der Waals surface area contributed by atoms with E-state index in [1.54, 1.807) is 13.0 Å². The molecule has 1 amide bonds. The Morgan fingerprint density at radius 2 is 1.93 bits per heavy atom. The third-order valence-electron chi connectivity index (χ3n) is 5.44. The van der Waals surface area contributed by atoms with Crippen LogP contribution in [0.2, 0.25) is 0 Å². The van der Waals surface area contributed by atoms with Crippen LogP contribution in [0.5, 0.6) is 5.75 Å². The topological polar surface area (TPSA) is 109 Å². The summed E-state index contributed by atoms with van der Waals surface area (Å²) in [4.78, 5) is 34.6. The van der Waals surface area contributed by atoms with Crippen molar-refractivity contribution in [1.82, 2.24) is 5.32 Å². The van der Waals surface area contributed by atoms with Gasteiger partial charge in [0, 0.05) is 29.5 Å². The Labute approximate surface area is 162 Å². The number of hydrogen-bond donors (Lipinski definition) is 1. The van der Waals surface area contributed by atoms with E-state index in [-0.39, 0.29) is 24.3 Å². The van der Waals surface area contributed by atoms with Crippen LogP contribution in [-0.4, -0.2) is 25.0 Å². The second-order valence-corrected chi connectivity index (χ2v) is 7.44. The number of aryl methyl sites for hydroxylation is 2. The van der Waals surface area contributed by atoms with Crippen molar-refractivity contribution >= 4 is 22.8 Å². The minimum absolute atomic E-state index is 0.142. The number of ether oxygens (including phenoxy) is 1. The summed E-state index contributed by atoms with van der Waals surface area (Å²) in [6, 6.07) is 5.01. The third kappa shape index (κ3) is 4.52. The highest BCUT2D eigenvalue weighted by Gasteiger charge is 2.22. The SMILES string of the molecule is Cc1cc(=O)oc2c(C)c(OCC(=O)NCC3CCC(C(=O)[O-])CC3)ccc12. The Hall–Kier alpha value is -2.83. The molecule has 1 saturated carbocycles. The van der Waals surface area contributed by atoms with Crippen LogP contribution in [-0.2, 0) is 9.59 Å². The van der Waals surface area contributed by atoms with Crippen molar-refractivity contribution in [3.05, 3.63) is 39.7 Å². The Morgan fingerprint density at radius 3 is 2.61 bits per heavy atom. The molecule has 150 valence electrons. The number of carbonyl (C=O) groups is 2. The molecule has 1 fully saturated rings. The lowest BCUT2D eigenvalue weighted by Crippen LogP contribution is -2.37. The van der Waals surface area contributed by atoms with Crippen LogP contribution in [0.15, 0.2) is 27.4 Å². The lowest BCUT2D eigenvalue weighted by Gasteiger charge is -2.29. The van der Waals surface area contributed by atoms with E-state index < -0.39 is 11.6 Å². The first kappa shape index (κ1) is 19.9. The molecule has 1 aromatic heterocycles. The van der Waals surface area contributed by atoms with Crippen LogP contribution in [0.4, 0.5) is 0 Å². The first-order valence-electron chi connectivity index (χ1n) is 9.49. The standard InChI is InChI=1S/C21H25NO6/c1-12-9-19(24)28-20-13(2)17(8-7-16(12)20)27-11-18(23)22-10-14-3-5-15(6-4-14)21(25)26/h7-9,14-15H,3-6,10-11H2,1-2H3,(H,22,23)(H,25,26)/p-1. The summed E-state index contributed by atoms with van der Waals surface area (Å²) < 4.78 is 10.9. The van der Waals surface area contributed by atoms with Gasteiger partial charge in [-0.25, -0.2) is 4.79 Å².